The molecule has 2 aromatic heterocycles. The molecular weight excluding hydrogens is 303 g/mol. The molecule has 15 heavy (non-hydrogen) atoms. The predicted molar refractivity (Wildman–Crippen MR) is 68.2 cm³/mol. The van der Waals surface area contributed by atoms with Gasteiger partial charge in [0.05, 0.1) is 33.5 Å². The summed E-state index contributed by atoms with van der Waals surface area (Å²) in [5.41, 5.74) is 1.98. The first-order valence-electron chi connectivity index (χ1n) is 4.69. The Morgan fingerprint density at radius 1 is 1.40 bits per heavy atom. The molecule has 2 rings (SSSR count). The number of pyridine rings is 1. The monoisotopic (exact) mass is 314 g/mol. The van der Waals surface area contributed by atoms with E-state index in [0.717, 1.165) is 21.5 Å². The van der Waals surface area contributed by atoms with Gasteiger partial charge in [0, 0.05) is 12.7 Å². The molecule has 0 aromatic carbocycles. The van der Waals surface area contributed by atoms with Gasteiger partial charge in [0.15, 0.2) is 0 Å². The maximum Gasteiger partial charge on any atom is 0.0849 e. The van der Waals surface area contributed by atoms with Crippen LogP contribution in [0.3, 0.4) is 0 Å². The normalized spacial score (nSPS) is 10.3. The van der Waals surface area contributed by atoms with Crippen LogP contribution in [0.5, 0.6) is 0 Å². The first-order chi connectivity index (χ1) is 7.29. The SMILES string of the molecule is CCNc1cncc(-n2cc(I)cn2)c1. The molecule has 0 aliphatic rings. The largest absolute Gasteiger partial charge is 0.384 e. The summed E-state index contributed by atoms with van der Waals surface area (Å²) in [4.78, 5) is 4.16. The third kappa shape index (κ3) is 2.47. The average Bonchev–Trinajstić information content (AvgIpc) is 2.66. The van der Waals surface area contributed by atoms with E-state index in [9.17, 15) is 0 Å². The van der Waals surface area contributed by atoms with Gasteiger partial charge >= 0.3 is 0 Å². The molecule has 0 saturated heterocycles. The summed E-state index contributed by atoms with van der Waals surface area (Å²) < 4.78 is 2.93. The summed E-state index contributed by atoms with van der Waals surface area (Å²) in [6.07, 6.45) is 7.39. The highest BCUT2D eigenvalue weighted by Crippen LogP contribution is 2.13. The van der Waals surface area contributed by atoms with Crippen molar-refractivity contribution in [2.45, 2.75) is 6.92 Å². The highest BCUT2D eigenvalue weighted by atomic mass is 127. The zero-order chi connectivity index (χ0) is 10.7. The molecule has 4 nitrogen and oxygen atoms in total. The second kappa shape index (κ2) is 4.61. The van der Waals surface area contributed by atoms with Crippen molar-refractivity contribution in [2.24, 2.45) is 0 Å². The molecule has 0 bridgehead atoms. The van der Waals surface area contributed by atoms with Gasteiger partial charge in [-0.15, -0.1) is 0 Å². The summed E-state index contributed by atoms with van der Waals surface area (Å²) in [6, 6.07) is 2.03. The topological polar surface area (TPSA) is 42.7 Å². The minimum atomic E-state index is 0.891. The van der Waals surface area contributed by atoms with Crippen LogP contribution in [0.4, 0.5) is 5.69 Å². The highest BCUT2D eigenvalue weighted by Gasteiger charge is 2.00. The fraction of sp³-hybridized carbons (Fsp3) is 0.200. The van der Waals surface area contributed by atoms with Crippen molar-refractivity contribution in [3.8, 4) is 5.69 Å². The molecule has 0 aliphatic carbocycles. The molecule has 0 aliphatic heterocycles. The Bertz CT molecular complexity index is 452. The number of aromatic nitrogens is 3. The number of hydrogen-bond donors (Lipinski definition) is 1. The van der Waals surface area contributed by atoms with Gasteiger partial charge in [-0.25, -0.2) is 4.68 Å². The number of hydrogen-bond acceptors (Lipinski definition) is 3. The minimum Gasteiger partial charge on any atom is -0.384 e. The average molecular weight is 314 g/mol. The molecule has 2 heterocycles. The van der Waals surface area contributed by atoms with Crippen molar-refractivity contribution >= 4 is 28.3 Å². The van der Waals surface area contributed by atoms with Gasteiger partial charge in [-0.3, -0.25) is 4.98 Å². The van der Waals surface area contributed by atoms with Crippen LogP contribution < -0.4 is 5.32 Å². The zero-order valence-electron chi connectivity index (χ0n) is 8.31. The molecule has 5 heteroatoms. The first-order valence-corrected chi connectivity index (χ1v) is 5.77. The van der Waals surface area contributed by atoms with Crippen molar-refractivity contribution in [1.82, 2.24) is 14.8 Å². The lowest BCUT2D eigenvalue weighted by atomic mass is 10.3. The van der Waals surface area contributed by atoms with Crippen LogP contribution in [0.1, 0.15) is 6.92 Å². The van der Waals surface area contributed by atoms with E-state index in [1.165, 1.54) is 0 Å². The van der Waals surface area contributed by atoms with Crippen molar-refractivity contribution < 1.29 is 0 Å². The van der Waals surface area contributed by atoms with Crippen LogP contribution in [0.2, 0.25) is 0 Å². The molecule has 0 radical (unpaired) electrons. The fourth-order valence-corrected chi connectivity index (χ4v) is 1.68. The number of anilines is 1. The maximum atomic E-state index is 4.23. The van der Waals surface area contributed by atoms with E-state index in [2.05, 4.69) is 44.9 Å². The standard InChI is InChI=1S/C10H11IN4/c1-2-13-9-3-10(6-12-5-9)15-7-8(11)4-14-15/h3-7,13H,2H2,1H3. The van der Waals surface area contributed by atoms with Crippen LogP contribution >= 0.6 is 22.6 Å². The molecule has 78 valence electrons. The highest BCUT2D eigenvalue weighted by molar-refractivity contribution is 14.1. The predicted octanol–water partition coefficient (Wildman–Crippen LogP) is 2.30. The third-order valence-corrected chi connectivity index (χ3v) is 2.48. The van der Waals surface area contributed by atoms with E-state index in [-0.39, 0.29) is 0 Å². The van der Waals surface area contributed by atoms with Gasteiger partial charge in [-0.2, -0.15) is 5.10 Å². The Hall–Kier alpha value is -1.11. The number of nitrogens with one attached hydrogen (secondary N) is 1. The Labute approximate surface area is 102 Å². The van der Waals surface area contributed by atoms with Crippen LogP contribution in [0.15, 0.2) is 30.9 Å². The Balaban J connectivity index is 2.32. The maximum absolute atomic E-state index is 4.23. The van der Waals surface area contributed by atoms with E-state index >= 15 is 0 Å². The molecule has 0 fully saturated rings. The van der Waals surface area contributed by atoms with Gasteiger partial charge in [0.25, 0.3) is 0 Å². The van der Waals surface area contributed by atoms with Gasteiger partial charge < -0.3 is 5.32 Å². The van der Waals surface area contributed by atoms with Crippen molar-refractivity contribution in [3.05, 3.63) is 34.4 Å². The summed E-state index contributed by atoms with van der Waals surface area (Å²) in [6.45, 7) is 2.95. The van der Waals surface area contributed by atoms with Crippen LogP contribution in [0.25, 0.3) is 5.69 Å². The molecule has 0 atom stereocenters. The molecule has 0 amide bonds. The van der Waals surface area contributed by atoms with Crippen molar-refractivity contribution in [1.29, 1.82) is 0 Å². The Kier molecular flexibility index (Phi) is 3.20. The van der Waals surface area contributed by atoms with Crippen molar-refractivity contribution in [3.63, 3.8) is 0 Å². The fourth-order valence-electron chi connectivity index (χ4n) is 1.30. The second-order valence-corrected chi connectivity index (χ2v) is 4.31. The number of halogens is 1. The lowest BCUT2D eigenvalue weighted by Crippen LogP contribution is -2.00. The van der Waals surface area contributed by atoms with Crippen LogP contribution in [-0.4, -0.2) is 21.3 Å². The molecule has 0 spiro atoms. The first kappa shape index (κ1) is 10.4. The third-order valence-electron chi connectivity index (χ3n) is 1.92. The number of nitrogens with zero attached hydrogens (tertiary/aromatic N) is 3. The van der Waals surface area contributed by atoms with E-state index in [1.54, 1.807) is 6.20 Å². The molecule has 1 N–H and O–H groups in total. The summed E-state index contributed by atoms with van der Waals surface area (Å²) in [5.74, 6) is 0. The summed E-state index contributed by atoms with van der Waals surface area (Å²) >= 11 is 2.23. The molecule has 0 unspecified atom stereocenters. The van der Waals surface area contributed by atoms with Crippen molar-refractivity contribution in [2.75, 3.05) is 11.9 Å². The smallest absolute Gasteiger partial charge is 0.0849 e. The lowest BCUT2D eigenvalue weighted by Gasteiger charge is -2.05. The van der Waals surface area contributed by atoms with Gasteiger partial charge in [-0.05, 0) is 35.6 Å². The van der Waals surface area contributed by atoms with Gasteiger partial charge in [0.2, 0.25) is 0 Å². The minimum absolute atomic E-state index is 0.891. The molecule has 2 aromatic rings. The summed E-state index contributed by atoms with van der Waals surface area (Å²) in [5, 5.41) is 7.45. The molecule has 0 saturated carbocycles. The van der Waals surface area contributed by atoms with E-state index in [0.29, 0.717) is 0 Å². The lowest BCUT2D eigenvalue weighted by molar-refractivity contribution is 0.873. The van der Waals surface area contributed by atoms with E-state index < -0.39 is 0 Å². The Morgan fingerprint density at radius 3 is 2.93 bits per heavy atom. The van der Waals surface area contributed by atoms with Gasteiger partial charge in [-0.1, -0.05) is 0 Å². The van der Waals surface area contributed by atoms with E-state index in [1.807, 2.05) is 29.3 Å². The second-order valence-electron chi connectivity index (χ2n) is 3.07. The van der Waals surface area contributed by atoms with E-state index in [4.69, 9.17) is 0 Å². The molecular formula is C10H11IN4. The van der Waals surface area contributed by atoms with Crippen LogP contribution in [0, 0.1) is 3.57 Å². The Morgan fingerprint density at radius 2 is 2.27 bits per heavy atom. The van der Waals surface area contributed by atoms with Crippen LogP contribution in [-0.2, 0) is 0 Å². The quantitative estimate of drug-likeness (QED) is 0.884. The summed E-state index contributed by atoms with van der Waals surface area (Å²) in [7, 11) is 0. The van der Waals surface area contributed by atoms with Gasteiger partial charge in [0.1, 0.15) is 0 Å². The zero-order valence-corrected chi connectivity index (χ0v) is 10.5. The number of rotatable bonds is 3.